The molecule has 1 atom stereocenters. The van der Waals surface area contributed by atoms with Crippen LogP contribution in [0.3, 0.4) is 0 Å². The molecule has 1 aromatic carbocycles. The Morgan fingerprint density at radius 2 is 2.15 bits per heavy atom. The van der Waals surface area contributed by atoms with Crippen LogP contribution in [0.15, 0.2) is 35.7 Å². The molecule has 20 heavy (non-hydrogen) atoms. The standard InChI is InChI=1S/C15H18N2OS2/c18-15(6-7-19-11-15)10-16-8-14-17-13(9-20-14)12-4-2-1-3-5-12/h1-5,9,16,18H,6-8,10-11H2. The summed E-state index contributed by atoms with van der Waals surface area (Å²) in [6.07, 6.45) is 0.887. The van der Waals surface area contributed by atoms with Crippen LogP contribution in [0.1, 0.15) is 11.4 Å². The molecule has 1 aliphatic rings. The Hall–Kier alpha value is -0.880. The predicted octanol–water partition coefficient (Wildman–Crippen LogP) is 2.77. The molecule has 1 saturated heterocycles. The lowest BCUT2D eigenvalue weighted by Gasteiger charge is -2.21. The number of thioether (sulfide) groups is 1. The monoisotopic (exact) mass is 306 g/mol. The molecular weight excluding hydrogens is 288 g/mol. The number of benzene rings is 1. The van der Waals surface area contributed by atoms with Crippen molar-refractivity contribution in [3.8, 4) is 11.3 Å². The van der Waals surface area contributed by atoms with Gasteiger partial charge in [0.05, 0.1) is 11.3 Å². The summed E-state index contributed by atoms with van der Waals surface area (Å²) in [7, 11) is 0. The number of aromatic nitrogens is 1. The van der Waals surface area contributed by atoms with Gasteiger partial charge in [0.25, 0.3) is 0 Å². The van der Waals surface area contributed by atoms with Crippen LogP contribution in [-0.4, -0.2) is 33.7 Å². The Labute approximate surface area is 127 Å². The van der Waals surface area contributed by atoms with Crippen molar-refractivity contribution >= 4 is 23.1 Å². The topological polar surface area (TPSA) is 45.1 Å². The summed E-state index contributed by atoms with van der Waals surface area (Å²) in [5.74, 6) is 1.90. The van der Waals surface area contributed by atoms with Crippen LogP contribution >= 0.6 is 23.1 Å². The number of rotatable bonds is 5. The highest BCUT2D eigenvalue weighted by Crippen LogP contribution is 2.27. The van der Waals surface area contributed by atoms with Crippen molar-refractivity contribution in [1.29, 1.82) is 0 Å². The largest absolute Gasteiger partial charge is 0.388 e. The van der Waals surface area contributed by atoms with Gasteiger partial charge in [-0.2, -0.15) is 11.8 Å². The molecule has 2 N–H and O–H groups in total. The first-order chi connectivity index (χ1) is 9.75. The van der Waals surface area contributed by atoms with Crippen LogP contribution in [0, 0.1) is 0 Å². The molecule has 1 aliphatic heterocycles. The van der Waals surface area contributed by atoms with Crippen LogP contribution in [0.2, 0.25) is 0 Å². The van der Waals surface area contributed by atoms with Crippen LogP contribution in [0.5, 0.6) is 0 Å². The predicted molar refractivity (Wildman–Crippen MR) is 86.1 cm³/mol. The van der Waals surface area contributed by atoms with E-state index in [0.717, 1.165) is 40.7 Å². The van der Waals surface area contributed by atoms with Gasteiger partial charge >= 0.3 is 0 Å². The molecule has 0 bridgehead atoms. The SMILES string of the molecule is OC1(CNCc2nc(-c3ccccc3)cs2)CCSC1. The molecular formula is C15H18N2OS2. The van der Waals surface area contributed by atoms with Crippen molar-refractivity contribution in [3.05, 3.63) is 40.7 Å². The number of thiazole rings is 1. The molecule has 3 nitrogen and oxygen atoms in total. The lowest BCUT2D eigenvalue weighted by atomic mass is 10.0. The lowest BCUT2D eigenvalue weighted by Crippen LogP contribution is -2.40. The third-order valence-corrected chi connectivity index (χ3v) is 5.52. The fourth-order valence-corrected chi connectivity index (χ4v) is 4.34. The molecule has 3 rings (SSSR count). The molecule has 106 valence electrons. The van der Waals surface area contributed by atoms with Crippen LogP contribution in [0.25, 0.3) is 11.3 Å². The van der Waals surface area contributed by atoms with Crippen LogP contribution in [0.4, 0.5) is 0 Å². The van der Waals surface area contributed by atoms with Gasteiger partial charge in [0.15, 0.2) is 0 Å². The number of nitrogens with one attached hydrogen (secondary N) is 1. The molecule has 2 aromatic rings. The summed E-state index contributed by atoms with van der Waals surface area (Å²) in [5, 5.41) is 16.7. The van der Waals surface area contributed by atoms with Gasteiger partial charge in [-0.15, -0.1) is 11.3 Å². The van der Waals surface area contributed by atoms with Crippen molar-refractivity contribution < 1.29 is 5.11 Å². The van der Waals surface area contributed by atoms with Crippen molar-refractivity contribution in [2.45, 2.75) is 18.6 Å². The normalized spacial score (nSPS) is 22.2. The zero-order valence-corrected chi connectivity index (χ0v) is 12.8. The highest BCUT2D eigenvalue weighted by Gasteiger charge is 2.31. The fraction of sp³-hybridized carbons (Fsp3) is 0.400. The van der Waals surface area contributed by atoms with E-state index in [1.807, 2.05) is 30.0 Å². The van der Waals surface area contributed by atoms with Gasteiger partial charge in [-0.3, -0.25) is 0 Å². The Morgan fingerprint density at radius 3 is 2.90 bits per heavy atom. The number of hydrogen-bond donors (Lipinski definition) is 2. The van der Waals surface area contributed by atoms with Gasteiger partial charge in [-0.25, -0.2) is 4.98 Å². The van der Waals surface area contributed by atoms with Gasteiger partial charge < -0.3 is 10.4 Å². The molecule has 1 fully saturated rings. The van der Waals surface area contributed by atoms with Gasteiger partial charge in [-0.1, -0.05) is 30.3 Å². The molecule has 0 radical (unpaired) electrons. The van der Waals surface area contributed by atoms with E-state index >= 15 is 0 Å². The average Bonchev–Trinajstić information content (AvgIpc) is 3.10. The minimum Gasteiger partial charge on any atom is -0.388 e. The second-order valence-corrected chi connectivity index (χ2v) is 7.17. The van der Waals surface area contributed by atoms with Crippen molar-refractivity contribution in [2.24, 2.45) is 0 Å². The van der Waals surface area contributed by atoms with Gasteiger partial charge in [0.2, 0.25) is 0 Å². The minimum atomic E-state index is -0.524. The van der Waals surface area contributed by atoms with E-state index in [1.54, 1.807) is 11.3 Å². The summed E-state index contributed by atoms with van der Waals surface area (Å²) in [6.45, 7) is 1.38. The maximum Gasteiger partial charge on any atom is 0.107 e. The maximum absolute atomic E-state index is 10.3. The highest BCUT2D eigenvalue weighted by atomic mass is 32.2. The van der Waals surface area contributed by atoms with Crippen molar-refractivity contribution in [2.75, 3.05) is 18.1 Å². The summed E-state index contributed by atoms with van der Waals surface area (Å²) in [4.78, 5) is 4.64. The molecule has 1 aromatic heterocycles. The van der Waals surface area contributed by atoms with E-state index in [1.165, 1.54) is 0 Å². The third-order valence-electron chi connectivity index (χ3n) is 3.43. The molecule has 0 saturated carbocycles. The van der Waals surface area contributed by atoms with E-state index < -0.39 is 5.60 Å². The first kappa shape index (κ1) is 14.1. The highest BCUT2D eigenvalue weighted by molar-refractivity contribution is 7.99. The molecule has 5 heteroatoms. The smallest absolute Gasteiger partial charge is 0.107 e. The van der Waals surface area contributed by atoms with E-state index in [9.17, 15) is 5.11 Å². The summed E-state index contributed by atoms with van der Waals surface area (Å²) in [6, 6.07) is 10.2. The second-order valence-electron chi connectivity index (χ2n) is 5.12. The first-order valence-electron chi connectivity index (χ1n) is 6.76. The molecule has 2 heterocycles. The molecule has 1 unspecified atom stereocenters. The zero-order chi connectivity index (χ0) is 13.8. The summed E-state index contributed by atoms with van der Waals surface area (Å²) >= 11 is 3.49. The van der Waals surface area contributed by atoms with Crippen LogP contribution in [-0.2, 0) is 6.54 Å². The Balaban J connectivity index is 1.55. The fourth-order valence-electron chi connectivity index (χ4n) is 2.27. The van der Waals surface area contributed by atoms with E-state index in [0.29, 0.717) is 6.54 Å². The number of aliphatic hydroxyl groups is 1. The van der Waals surface area contributed by atoms with E-state index in [2.05, 4.69) is 27.8 Å². The van der Waals surface area contributed by atoms with Gasteiger partial charge in [-0.05, 0) is 12.2 Å². The Kier molecular flexibility index (Phi) is 4.41. The molecule has 0 aliphatic carbocycles. The summed E-state index contributed by atoms with van der Waals surface area (Å²) in [5.41, 5.74) is 1.66. The van der Waals surface area contributed by atoms with Crippen molar-refractivity contribution in [1.82, 2.24) is 10.3 Å². The number of nitrogens with zero attached hydrogens (tertiary/aromatic N) is 1. The zero-order valence-electron chi connectivity index (χ0n) is 11.2. The Morgan fingerprint density at radius 1 is 1.30 bits per heavy atom. The second kappa shape index (κ2) is 6.26. The quantitative estimate of drug-likeness (QED) is 0.891. The Bertz CT molecular complexity index is 550. The minimum absolute atomic E-state index is 0.524. The average molecular weight is 306 g/mol. The number of hydrogen-bond acceptors (Lipinski definition) is 5. The van der Waals surface area contributed by atoms with Gasteiger partial charge in [0.1, 0.15) is 5.01 Å². The van der Waals surface area contributed by atoms with E-state index in [4.69, 9.17) is 0 Å². The first-order valence-corrected chi connectivity index (χ1v) is 8.79. The lowest BCUT2D eigenvalue weighted by molar-refractivity contribution is 0.0674. The van der Waals surface area contributed by atoms with E-state index in [-0.39, 0.29) is 0 Å². The van der Waals surface area contributed by atoms with Crippen LogP contribution < -0.4 is 5.32 Å². The summed E-state index contributed by atoms with van der Waals surface area (Å²) < 4.78 is 0. The van der Waals surface area contributed by atoms with Gasteiger partial charge in [0, 0.05) is 29.8 Å². The molecule has 0 spiro atoms. The molecule has 0 amide bonds. The maximum atomic E-state index is 10.3. The van der Waals surface area contributed by atoms with Crippen molar-refractivity contribution in [3.63, 3.8) is 0 Å². The third kappa shape index (κ3) is 3.41.